The number of hydrogen-bond donors (Lipinski definition) is 1. The molecule has 116 valence electrons. The Bertz CT molecular complexity index is 653. The molecular formula is C15H11F4NO2. The van der Waals surface area contributed by atoms with Gasteiger partial charge in [0.15, 0.2) is 0 Å². The highest BCUT2D eigenvalue weighted by Crippen LogP contribution is 2.30. The van der Waals surface area contributed by atoms with E-state index in [2.05, 4.69) is 5.32 Å². The standard InChI is InChI=1S/C15H11F4NO2/c16-12-6-4-10(5-7-12)9-22-14(21)20-13-3-1-2-11(8-13)15(17,18)19/h1-8H,9H2,(H,20,21). The number of nitrogens with one attached hydrogen (secondary N) is 1. The van der Waals surface area contributed by atoms with Gasteiger partial charge in [0.25, 0.3) is 0 Å². The fraction of sp³-hybridized carbons (Fsp3) is 0.133. The van der Waals surface area contributed by atoms with Crippen molar-refractivity contribution in [2.45, 2.75) is 12.8 Å². The van der Waals surface area contributed by atoms with Gasteiger partial charge in [0.05, 0.1) is 5.56 Å². The number of carbonyl (C=O) groups is 1. The van der Waals surface area contributed by atoms with Crippen molar-refractivity contribution in [1.82, 2.24) is 0 Å². The zero-order valence-electron chi connectivity index (χ0n) is 11.2. The fourth-order valence-electron chi connectivity index (χ4n) is 1.66. The molecule has 0 aliphatic rings. The first kappa shape index (κ1) is 15.8. The van der Waals surface area contributed by atoms with Gasteiger partial charge in [-0.25, -0.2) is 9.18 Å². The van der Waals surface area contributed by atoms with E-state index in [4.69, 9.17) is 4.74 Å². The van der Waals surface area contributed by atoms with Crippen molar-refractivity contribution in [3.63, 3.8) is 0 Å². The molecule has 0 heterocycles. The number of rotatable bonds is 3. The van der Waals surface area contributed by atoms with Crippen LogP contribution in [0, 0.1) is 5.82 Å². The van der Waals surface area contributed by atoms with Crippen LogP contribution >= 0.6 is 0 Å². The summed E-state index contributed by atoms with van der Waals surface area (Å²) in [6, 6.07) is 9.49. The average molecular weight is 313 g/mol. The summed E-state index contributed by atoms with van der Waals surface area (Å²) in [7, 11) is 0. The highest BCUT2D eigenvalue weighted by Gasteiger charge is 2.30. The van der Waals surface area contributed by atoms with E-state index in [0.717, 1.165) is 12.1 Å². The summed E-state index contributed by atoms with van der Waals surface area (Å²) in [6.07, 6.45) is -5.39. The van der Waals surface area contributed by atoms with Crippen LogP contribution in [0.25, 0.3) is 0 Å². The SMILES string of the molecule is O=C(Nc1cccc(C(F)(F)F)c1)OCc1ccc(F)cc1. The lowest BCUT2D eigenvalue weighted by atomic mass is 10.2. The van der Waals surface area contributed by atoms with Gasteiger partial charge in [-0.2, -0.15) is 13.2 Å². The van der Waals surface area contributed by atoms with Crippen LogP contribution in [0.15, 0.2) is 48.5 Å². The normalized spacial score (nSPS) is 11.1. The van der Waals surface area contributed by atoms with Crippen LogP contribution in [0.1, 0.15) is 11.1 Å². The third kappa shape index (κ3) is 4.47. The van der Waals surface area contributed by atoms with Crippen molar-refractivity contribution in [2.75, 3.05) is 5.32 Å². The Morgan fingerprint density at radius 3 is 2.41 bits per heavy atom. The molecule has 0 unspecified atom stereocenters. The predicted octanol–water partition coefficient (Wildman–Crippen LogP) is 4.59. The first-order chi connectivity index (χ1) is 10.3. The summed E-state index contributed by atoms with van der Waals surface area (Å²) in [4.78, 5) is 11.5. The zero-order chi connectivity index (χ0) is 16.2. The van der Waals surface area contributed by atoms with Crippen molar-refractivity contribution in [3.8, 4) is 0 Å². The summed E-state index contributed by atoms with van der Waals surface area (Å²) < 4.78 is 55.1. The Labute approximate surface area is 123 Å². The molecule has 0 radical (unpaired) electrons. The highest BCUT2D eigenvalue weighted by atomic mass is 19.4. The largest absolute Gasteiger partial charge is 0.444 e. The minimum Gasteiger partial charge on any atom is -0.444 e. The molecule has 2 rings (SSSR count). The van der Waals surface area contributed by atoms with E-state index < -0.39 is 23.7 Å². The quantitative estimate of drug-likeness (QED) is 0.841. The van der Waals surface area contributed by atoms with Crippen molar-refractivity contribution in [2.24, 2.45) is 0 Å². The minimum absolute atomic E-state index is 0.0288. The van der Waals surface area contributed by atoms with E-state index in [1.54, 1.807) is 0 Å². The van der Waals surface area contributed by atoms with Crippen molar-refractivity contribution in [1.29, 1.82) is 0 Å². The Balaban J connectivity index is 1.93. The Kier molecular flexibility index (Phi) is 4.65. The van der Waals surface area contributed by atoms with Gasteiger partial charge in [-0.1, -0.05) is 18.2 Å². The molecule has 0 atom stereocenters. The molecule has 0 aliphatic carbocycles. The maximum absolute atomic E-state index is 12.7. The first-order valence-electron chi connectivity index (χ1n) is 6.20. The van der Waals surface area contributed by atoms with E-state index in [1.807, 2.05) is 0 Å². The topological polar surface area (TPSA) is 38.3 Å². The average Bonchev–Trinajstić information content (AvgIpc) is 2.46. The van der Waals surface area contributed by atoms with Crippen molar-refractivity contribution < 1.29 is 27.1 Å². The third-order valence-electron chi connectivity index (χ3n) is 2.72. The van der Waals surface area contributed by atoms with Gasteiger partial charge in [-0.05, 0) is 35.9 Å². The molecule has 0 aliphatic heterocycles. The maximum Gasteiger partial charge on any atom is 0.416 e. The molecule has 2 aromatic carbocycles. The van der Waals surface area contributed by atoms with Crippen LogP contribution in [0.4, 0.5) is 28.0 Å². The number of hydrogen-bond acceptors (Lipinski definition) is 2. The van der Waals surface area contributed by atoms with E-state index in [0.29, 0.717) is 5.56 Å². The third-order valence-corrected chi connectivity index (χ3v) is 2.72. The first-order valence-corrected chi connectivity index (χ1v) is 6.20. The van der Waals surface area contributed by atoms with E-state index in [1.165, 1.54) is 36.4 Å². The second kappa shape index (κ2) is 6.46. The van der Waals surface area contributed by atoms with Gasteiger partial charge in [-0.15, -0.1) is 0 Å². The summed E-state index contributed by atoms with van der Waals surface area (Å²) in [6.45, 7) is -0.120. The molecule has 0 saturated heterocycles. The molecule has 1 N–H and O–H groups in total. The number of halogens is 4. The van der Waals surface area contributed by atoms with E-state index >= 15 is 0 Å². The second-order valence-corrected chi connectivity index (χ2v) is 4.41. The number of amides is 1. The number of anilines is 1. The lowest BCUT2D eigenvalue weighted by Gasteiger charge is -2.10. The molecule has 0 spiro atoms. The number of benzene rings is 2. The Morgan fingerprint density at radius 1 is 1.09 bits per heavy atom. The van der Waals surface area contributed by atoms with Crippen LogP contribution in [-0.2, 0) is 17.5 Å². The van der Waals surface area contributed by atoms with Crippen LogP contribution in [0.2, 0.25) is 0 Å². The van der Waals surface area contributed by atoms with Gasteiger partial charge < -0.3 is 4.74 Å². The van der Waals surface area contributed by atoms with Gasteiger partial charge in [-0.3, -0.25) is 5.32 Å². The summed E-state index contributed by atoms with van der Waals surface area (Å²) in [5, 5.41) is 2.20. The van der Waals surface area contributed by atoms with Crippen LogP contribution in [-0.4, -0.2) is 6.09 Å². The van der Waals surface area contributed by atoms with Crippen molar-refractivity contribution >= 4 is 11.8 Å². The monoisotopic (exact) mass is 313 g/mol. The summed E-state index contributed by atoms with van der Waals surface area (Å²) in [5.74, 6) is -0.419. The Hall–Kier alpha value is -2.57. The summed E-state index contributed by atoms with van der Waals surface area (Å²) in [5.41, 5.74) is -0.344. The molecule has 22 heavy (non-hydrogen) atoms. The van der Waals surface area contributed by atoms with Crippen LogP contribution < -0.4 is 5.32 Å². The van der Waals surface area contributed by atoms with Crippen molar-refractivity contribution in [3.05, 3.63) is 65.5 Å². The van der Waals surface area contributed by atoms with Crippen LogP contribution in [0.5, 0.6) is 0 Å². The Morgan fingerprint density at radius 2 is 1.77 bits per heavy atom. The summed E-state index contributed by atoms with van der Waals surface area (Å²) >= 11 is 0. The number of ether oxygens (including phenoxy) is 1. The molecule has 1 amide bonds. The lowest BCUT2D eigenvalue weighted by Crippen LogP contribution is -2.14. The number of alkyl halides is 3. The molecule has 0 fully saturated rings. The second-order valence-electron chi connectivity index (χ2n) is 4.41. The number of carbonyl (C=O) groups excluding carboxylic acids is 1. The highest BCUT2D eigenvalue weighted by molar-refractivity contribution is 5.84. The molecule has 7 heteroatoms. The molecule has 0 aromatic heterocycles. The molecule has 0 saturated carbocycles. The predicted molar refractivity (Wildman–Crippen MR) is 71.7 cm³/mol. The van der Waals surface area contributed by atoms with E-state index in [-0.39, 0.29) is 12.3 Å². The van der Waals surface area contributed by atoms with Gasteiger partial charge in [0.1, 0.15) is 12.4 Å². The molecular weight excluding hydrogens is 302 g/mol. The lowest BCUT2D eigenvalue weighted by molar-refractivity contribution is -0.137. The van der Waals surface area contributed by atoms with E-state index in [9.17, 15) is 22.4 Å². The maximum atomic E-state index is 12.7. The van der Waals surface area contributed by atoms with Gasteiger partial charge in [0.2, 0.25) is 0 Å². The zero-order valence-corrected chi connectivity index (χ0v) is 11.2. The van der Waals surface area contributed by atoms with Crippen LogP contribution in [0.3, 0.4) is 0 Å². The molecule has 3 nitrogen and oxygen atoms in total. The molecule has 2 aromatic rings. The smallest absolute Gasteiger partial charge is 0.416 e. The van der Waals surface area contributed by atoms with Gasteiger partial charge >= 0.3 is 12.3 Å². The minimum atomic E-state index is -4.49. The van der Waals surface area contributed by atoms with Gasteiger partial charge in [0, 0.05) is 5.69 Å². The fourth-order valence-corrected chi connectivity index (χ4v) is 1.66. The molecule has 0 bridgehead atoms.